The minimum absolute atomic E-state index is 0.113. The monoisotopic (exact) mass is 356 g/mol. The van der Waals surface area contributed by atoms with E-state index in [4.69, 9.17) is 0 Å². The third kappa shape index (κ3) is 3.59. The van der Waals surface area contributed by atoms with Gasteiger partial charge in [0.05, 0.1) is 23.3 Å². The Morgan fingerprint density at radius 1 is 1.35 bits per heavy atom. The zero-order chi connectivity index (χ0) is 13.9. The summed E-state index contributed by atoms with van der Waals surface area (Å²) in [6.07, 6.45) is 9.33. The number of rotatable bonds is 4. The van der Waals surface area contributed by atoms with E-state index in [9.17, 15) is 5.11 Å². The third-order valence-electron chi connectivity index (χ3n) is 3.50. The first-order chi connectivity index (χ1) is 9.69. The van der Waals surface area contributed by atoms with E-state index in [-0.39, 0.29) is 6.10 Å². The zero-order valence-electron chi connectivity index (χ0n) is 11.0. The van der Waals surface area contributed by atoms with Crippen LogP contribution in [0, 0.1) is 0 Å². The van der Waals surface area contributed by atoms with E-state index < -0.39 is 0 Å². The molecule has 0 spiro atoms. The molecule has 0 saturated heterocycles. The summed E-state index contributed by atoms with van der Waals surface area (Å²) in [6.45, 7) is 0.744. The molecule has 0 bridgehead atoms. The van der Waals surface area contributed by atoms with Crippen LogP contribution in [-0.4, -0.2) is 32.0 Å². The molecule has 0 atom stereocenters. The Kier molecular flexibility index (Phi) is 4.38. The van der Waals surface area contributed by atoms with Crippen LogP contribution in [0.2, 0.25) is 0 Å². The highest BCUT2D eigenvalue weighted by Gasteiger charge is 2.19. The first kappa shape index (κ1) is 14.0. The maximum Gasteiger partial charge on any atom is 0.183 e. The van der Waals surface area contributed by atoms with Gasteiger partial charge in [-0.1, -0.05) is 0 Å². The van der Waals surface area contributed by atoms with Gasteiger partial charge in [-0.3, -0.25) is 4.68 Å². The average molecular weight is 357 g/mol. The van der Waals surface area contributed by atoms with Gasteiger partial charge in [-0.15, -0.1) is 11.3 Å². The number of hydrogen-bond acceptors (Lipinski definition) is 5. The highest BCUT2D eigenvalue weighted by Crippen LogP contribution is 2.25. The Hall–Kier alpha value is -0.920. The second-order valence-corrected chi connectivity index (χ2v) is 7.17. The lowest BCUT2D eigenvalue weighted by atomic mass is 9.93. The molecule has 7 heteroatoms. The minimum atomic E-state index is -0.113. The highest BCUT2D eigenvalue weighted by molar-refractivity contribution is 9.10. The van der Waals surface area contributed by atoms with Crippen molar-refractivity contribution in [3.63, 3.8) is 0 Å². The topological polar surface area (TPSA) is 63.0 Å². The Balaban J connectivity index is 1.56. The van der Waals surface area contributed by atoms with Gasteiger partial charge < -0.3 is 10.4 Å². The molecule has 2 aromatic rings. The summed E-state index contributed by atoms with van der Waals surface area (Å²) < 4.78 is 2.87. The molecule has 0 unspecified atom stereocenters. The molecule has 1 saturated carbocycles. The van der Waals surface area contributed by atoms with E-state index in [1.165, 1.54) is 4.88 Å². The number of nitrogens with one attached hydrogen (secondary N) is 1. The summed E-state index contributed by atoms with van der Waals surface area (Å²) in [5.41, 5.74) is 0. The average Bonchev–Trinajstić information content (AvgIpc) is 3.02. The van der Waals surface area contributed by atoms with Gasteiger partial charge >= 0.3 is 0 Å². The van der Waals surface area contributed by atoms with Crippen LogP contribution in [0.5, 0.6) is 0 Å². The summed E-state index contributed by atoms with van der Waals surface area (Å²) in [6, 6.07) is 0.441. The predicted molar refractivity (Wildman–Crippen MR) is 83.0 cm³/mol. The molecule has 5 nitrogen and oxygen atoms in total. The van der Waals surface area contributed by atoms with Crippen molar-refractivity contribution in [3.8, 4) is 0 Å². The van der Waals surface area contributed by atoms with Gasteiger partial charge in [0.25, 0.3) is 0 Å². The molecule has 1 aliphatic carbocycles. The maximum absolute atomic E-state index is 9.51. The second-order valence-electron chi connectivity index (χ2n) is 5.14. The van der Waals surface area contributed by atoms with Crippen LogP contribution >= 0.6 is 27.3 Å². The first-order valence-electron chi connectivity index (χ1n) is 6.76. The smallest absolute Gasteiger partial charge is 0.183 e. The Morgan fingerprint density at radius 2 is 2.15 bits per heavy atom. The van der Waals surface area contributed by atoms with E-state index in [0.717, 1.165) is 41.8 Å². The number of aromatic nitrogens is 3. The van der Waals surface area contributed by atoms with E-state index in [0.29, 0.717) is 6.04 Å². The summed E-state index contributed by atoms with van der Waals surface area (Å²) in [4.78, 5) is 5.60. The molecule has 3 rings (SSSR count). The van der Waals surface area contributed by atoms with Gasteiger partial charge in [0.15, 0.2) is 5.13 Å². The van der Waals surface area contributed by atoms with Crippen LogP contribution in [0.25, 0.3) is 0 Å². The number of anilines is 1. The summed E-state index contributed by atoms with van der Waals surface area (Å²) >= 11 is 5.06. The zero-order valence-corrected chi connectivity index (χ0v) is 13.4. The number of nitrogens with zero attached hydrogens (tertiary/aromatic N) is 3. The minimum Gasteiger partial charge on any atom is -0.393 e. The lowest BCUT2D eigenvalue weighted by Gasteiger charge is -2.25. The fourth-order valence-corrected chi connectivity index (χ4v) is 3.64. The Bertz CT molecular complexity index is 562. The van der Waals surface area contributed by atoms with Crippen molar-refractivity contribution in [2.45, 2.75) is 44.4 Å². The molecule has 1 aliphatic rings. The molecule has 2 heterocycles. The normalized spacial score (nSPS) is 22.9. The molecule has 0 radical (unpaired) electrons. The van der Waals surface area contributed by atoms with Crippen LogP contribution in [0.1, 0.15) is 30.6 Å². The highest BCUT2D eigenvalue weighted by atomic mass is 79.9. The quantitative estimate of drug-likeness (QED) is 0.883. The molecule has 20 heavy (non-hydrogen) atoms. The van der Waals surface area contributed by atoms with Crippen molar-refractivity contribution < 1.29 is 5.11 Å². The molecule has 0 amide bonds. The molecule has 108 valence electrons. The Morgan fingerprint density at radius 3 is 2.85 bits per heavy atom. The molecular formula is C13H17BrN4OS. The van der Waals surface area contributed by atoms with E-state index in [1.807, 2.05) is 17.1 Å². The van der Waals surface area contributed by atoms with Crippen LogP contribution in [0.15, 0.2) is 23.1 Å². The van der Waals surface area contributed by atoms with Crippen LogP contribution < -0.4 is 5.32 Å². The van der Waals surface area contributed by atoms with Crippen molar-refractivity contribution in [3.05, 3.63) is 27.9 Å². The first-order valence-corrected chi connectivity index (χ1v) is 8.37. The number of halogens is 1. The number of aliphatic hydroxyl groups is 1. The van der Waals surface area contributed by atoms with Gasteiger partial charge in [-0.05, 0) is 41.6 Å². The number of aliphatic hydroxyl groups excluding tert-OH is 1. The van der Waals surface area contributed by atoms with E-state index >= 15 is 0 Å². The van der Waals surface area contributed by atoms with Crippen molar-refractivity contribution in [2.75, 3.05) is 5.32 Å². The van der Waals surface area contributed by atoms with Gasteiger partial charge in [-0.2, -0.15) is 5.10 Å². The summed E-state index contributed by atoms with van der Waals surface area (Å²) in [5.74, 6) is 0. The summed E-state index contributed by atoms with van der Waals surface area (Å²) in [7, 11) is 0. The SMILES string of the molecule is OC1CCC(Nc2ncc(Cn3cc(Br)cn3)s2)CC1. The number of thiazole rings is 1. The molecule has 1 fully saturated rings. The maximum atomic E-state index is 9.51. The molecule has 0 aromatic carbocycles. The Labute approximate surface area is 130 Å². The second kappa shape index (κ2) is 6.24. The van der Waals surface area contributed by atoms with Crippen molar-refractivity contribution in [1.29, 1.82) is 0 Å². The van der Waals surface area contributed by atoms with Crippen molar-refractivity contribution in [2.24, 2.45) is 0 Å². The lowest BCUT2D eigenvalue weighted by molar-refractivity contribution is 0.126. The largest absolute Gasteiger partial charge is 0.393 e. The van der Waals surface area contributed by atoms with Crippen LogP contribution in [0.4, 0.5) is 5.13 Å². The molecule has 2 N–H and O–H groups in total. The van der Waals surface area contributed by atoms with E-state index in [2.05, 4.69) is 31.3 Å². The third-order valence-corrected chi connectivity index (χ3v) is 4.82. The molecule has 0 aliphatic heterocycles. The molecule has 2 aromatic heterocycles. The van der Waals surface area contributed by atoms with Gasteiger partial charge in [0.1, 0.15) is 0 Å². The van der Waals surface area contributed by atoms with Gasteiger partial charge in [0, 0.05) is 23.3 Å². The lowest BCUT2D eigenvalue weighted by Crippen LogP contribution is -2.28. The van der Waals surface area contributed by atoms with Crippen LogP contribution in [0.3, 0.4) is 0 Å². The van der Waals surface area contributed by atoms with Crippen molar-refractivity contribution >= 4 is 32.4 Å². The fraction of sp³-hybridized carbons (Fsp3) is 0.538. The van der Waals surface area contributed by atoms with Gasteiger partial charge in [0.2, 0.25) is 0 Å². The predicted octanol–water partition coefficient (Wildman–Crippen LogP) is 2.87. The van der Waals surface area contributed by atoms with E-state index in [1.54, 1.807) is 17.5 Å². The summed E-state index contributed by atoms with van der Waals surface area (Å²) in [5, 5.41) is 18.2. The van der Waals surface area contributed by atoms with Gasteiger partial charge in [-0.25, -0.2) is 4.98 Å². The standard InChI is InChI=1S/C13H17BrN4OS/c14-9-5-16-18(7-9)8-12-6-15-13(20-12)17-10-1-3-11(19)4-2-10/h5-7,10-11,19H,1-4,8H2,(H,15,17). The number of hydrogen-bond donors (Lipinski definition) is 2. The van der Waals surface area contributed by atoms with Crippen LogP contribution in [-0.2, 0) is 6.54 Å². The van der Waals surface area contributed by atoms with Crippen molar-refractivity contribution in [1.82, 2.24) is 14.8 Å². The molecular weight excluding hydrogens is 340 g/mol. The fourth-order valence-electron chi connectivity index (χ4n) is 2.43.